The van der Waals surface area contributed by atoms with Crippen molar-refractivity contribution in [3.05, 3.63) is 0 Å². The first-order chi connectivity index (χ1) is 7.82. The fourth-order valence-corrected chi connectivity index (χ4v) is 2.38. The Bertz CT molecular complexity index is 269. The maximum Gasteiger partial charge on any atom is 0.339 e. The highest BCUT2D eigenvalue weighted by molar-refractivity contribution is 5.78. The van der Waals surface area contributed by atoms with Crippen LogP contribution in [0, 0.1) is 5.92 Å². The van der Waals surface area contributed by atoms with Crippen LogP contribution in [0.1, 0.15) is 59.8 Å². The van der Waals surface area contributed by atoms with Crippen molar-refractivity contribution in [2.75, 3.05) is 0 Å². The minimum Gasteiger partial charge on any atom is -0.479 e. The second kappa shape index (κ2) is 5.36. The monoisotopic (exact) mass is 244 g/mol. The van der Waals surface area contributed by atoms with E-state index in [4.69, 9.17) is 9.78 Å². The molecular weight excluding hydrogens is 220 g/mol. The molecule has 1 saturated carbocycles. The van der Waals surface area contributed by atoms with Gasteiger partial charge < -0.3 is 5.11 Å². The Morgan fingerprint density at radius 2 is 2.06 bits per heavy atom. The van der Waals surface area contributed by atoms with E-state index in [0.717, 1.165) is 25.7 Å². The first kappa shape index (κ1) is 14.5. The first-order valence-corrected chi connectivity index (χ1v) is 6.42. The van der Waals surface area contributed by atoms with E-state index in [1.165, 1.54) is 0 Å². The Morgan fingerprint density at radius 3 is 2.53 bits per heavy atom. The molecule has 0 heterocycles. The van der Waals surface area contributed by atoms with E-state index in [2.05, 4.69) is 0 Å². The van der Waals surface area contributed by atoms with Gasteiger partial charge in [0.2, 0.25) is 5.60 Å². The van der Waals surface area contributed by atoms with Crippen molar-refractivity contribution in [1.29, 1.82) is 0 Å². The molecule has 1 rings (SSSR count). The fourth-order valence-electron chi connectivity index (χ4n) is 2.38. The SMILES string of the molecule is CCC1CCCCC1(OOC(C)(C)C)C(=O)O. The first-order valence-electron chi connectivity index (χ1n) is 6.42. The minimum atomic E-state index is -1.15. The molecule has 0 spiro atoms. The third kappa shape index (κ3) is 3.42. The molecule has 0 bridgehead atoms. The second-order valence-corrected chi connectivity index (χ2v) is 5.82. The number of carboxylic acids is 1. The molecule has 100 valence electrons. The van der Waals surface area contributed by atoms with Crippen LogP contribution in [0.25, 0.3) is 0 Å². The zero-order valence-electron chi connectivity index (χ0n) is 11.3. The summed E-state index contributed by atoms with van der Waals surface area (Å²) in [7, 11) is 0. The standard InChI is InChI=1S/C13H24O4/c1-5-10-8-6-7-9-13(10,11(14)15)17-16-12(2,3)4/h10H,5-9H2,1-4H3,(H,14,15). The second-order valence-electron chi connectivity index (χ2n) is 5.82. The van der Waals surface area contributed by atoms with Crippen molar-refractivity contribution in [3.63, 3.8) is 0 Å². The van der Waals surface area contributed by atoms with Crippen LogP contribution in [-0.4, -0.2) is 22.3 Å². The number of carbonyl (C=O) groups is 1. The van der Waals surface area contributed by atoms with Crippen LogP contribution in [0.4, 0.5) is 0 Å². The zero-order chi connectivity index (χ0) is 13.1. The molecule has 1 aliphatic carbocycles. The van der Waals surface area contributed by atoms with E-state index >= 15 is 0 Å². The highest BCUT2D eigenvalue weighted by atomic mass is 17.2. The Hall–Kier alpha value is -0.610. The van der Waals surface area contributed by atoms with Crippen molar-refractivity contribution >= 4 is 5.97 Å². The van der Waals surface area contributed by atoms with Gasteiger partial charge in [-0.3, -0.25) is 0 Å². The van der Waals surface area contributed by atoms with Gasteiger partial charge in [-0.25, -0.2) is 14.6 Å². The lowest BCUT2D eigenvalue weighted by atomic mass is 9.74. The fraction of sp³-hybridized carbons (Fsp3) is 0.923. The highest BCUT2D eigenvalue weighted by Gasteiger charge is 2.49. The van der Waals surface area contributed by atoms with Crippen LogP contribution in [0.2, 0.25) is 0 Å². The van der Waals surface area contributed by atoms with Crippen LogP contribution in [0.3, 0.4) is 0 Å². The van der Waals surface area contributed by atoms with Crippen molar-refractivity contribution < 1.29 is 19.7 Å². The summed E-state index contributed by atoms with van der Waals surface area (Å²) in [5, 5.41) is 9.48. The normalized spacial score (nSPS) is 30.2. The Kier molecular flexibility index (Phi) is 4.55. The summed E-state index contributed by atoms with van der Waals surface area (Å²) in [5.41, 5.74) is -1.64. The Balaban J connectivity index is 2.83. The van der Waals surface area contributed by atoms with E-state index < -0.39 is 17.2 Å². The summed E-state index contributed by atoms with van der Waals surface area (Å²) in [5.74, 6) is -0.857. The molecule has 0 aromatic heterocycles. The number of rotatable bonds is 4. The van der Waals surface area contributed by atoms with Gasteiger partial charge in [0, 0.05) is 5.92 Å². The highest BCUT2D eigenvalue weighted by Crippen LogP contribution is 2.40. The molecule has 4 nitrogen and oxygen atoms in total. The third-order valence-corrected chi connectivity index (χ3v) is 3.31. The average Bonchev–Trinajstić information content (AvgIpc) is 2.25. The lowest BCUT2D eigenvalue weighted by Crippen LogP contribution is -2.51. The topological polar surface area (TPSA) is 55.8 Å². The maximum absolute atomic E-state index is 11.6. The van der Waals surface area contributed by atoms with Gasteiger partial charge in [-0.2, -0.15) is 0 Å². The van der Waals surface area contributed by atoms with E-state index in [-0.39, 0.29) is 5.92 Å². The van der Waals surface area contributed by atoms with Crippen LogP contribution in [0.15, 0.2) is 0 Å². The molecule has 0 aliphatic heterocycles. The number of hydrogen-bond donors (Lipinski definition) is 1. The molecule has 0 saturated heterocycles. The molecule has 1 aliphatic rings. The third-order valence-electron chi connectivity index (χ3n) is 3.31. The van der Waals surface area contributed by atoms with Gasteiger partial charge in [0.1, 0.15) is 0 Å². The number of hydrogen-bond acceptors (Lipinski definition) is 3. The van der Waals surface area contributed by atoms with E-state index in [1.807, 2.05) is 27.7 Å². The molecule has 17 heavy (non-hydrogen) atoms. The number of carboxylic acid groups (broad SMARTS) is 1. The van der Waals surface area contributed by atoms with Gasteiger partial charge in [0.25, 0.3) is 0 Å². The molecule has 0 aromatic rings. The predicted octanol–water partition coefficient (Wildman–Crippen LogP) is 3.16. The molecule has 0 amide bonds. The number of aliphatic carboxylic acids is 1. The summed E-state index contributed by atoms with van der Waals surface area (Å²) in [6, 6.07) is 0. The maximum atomic E-state index is 11.6. The van der Waals surface area contributed by atoms with Gasteiger partial charge in [0.05, 0.1) is 5.60 Å². The summed E-state index contributed by atoms with van der Waals surface area (Å²) in [6.45, 7) is 7.57. The van der Waals surface area contributed by atoms with Gasteiger partial charge >= 0.3 is 5.97 Å². The summed E-state index contributed by atoms with van der Waals surface area (Å²) >= 11 is 0. The van der Waals surface area contributed by atoms with Gasteiger partial charge in [-0.15, -0.1) is 0 Å². The summed E-state index contributed by atoms with van der Waals surface area (Å²) < 4.78 is 0. The Labute approximate surface area is 103 Å². The molecular formula is C13H24O4. The zero-order valence-corrected chi connectivity index (χ0v) is 11.3. The summed E-state index contributed by atoms with van der Waals surface area (Å²) in [6.07, 6.45) is 4.20. The smallest absolute Gasteiger partial charge is 0.339 e. The van der Waals surface area contributed by atoms with Crippen LogP contribution < -0.4 is 0 Å². The van der Waals surface area contributed by atoms with Gasteiger partial charge in [0.15, 0.2) is 0 Å². The van der Waals surface area contributed by atoms with E-state index in [1.54, 1.807) is 0 Å². The lowest BCUT2D eigenvalue weighted by Gasteiger charge is -2.40. The molecule has 2 atom stereocenters. The molecule has 1 fully saturated rings. The molecule has 0 aromatic carbocycles. The van der Waals surface area contributed by atoms with Gasteiger partial charge in [-0.05, 0) is 46.5 Å². The van der Waals surface area contributed by atoms with Gasteiger partial charge in [-0.1, -0.05) is 13.3 Å². The minimum absolute atomic E-state index is 0.0381. The molecule has 1 N–H and O–H groups in total. The van der Waals surface area contributed by atoms with E-state index in [0.29, 0.717) is 6.42 Å². The predicted molar refractivity (Wildman–Crippen MR) is 64.5 cm³/mol. The van der Waals surface area contributed by atoms with Crippen molar-refractivity contribution in [1.82, 2.24) is 0 Å². The van der Waals surface area contributed by atoms with E-state index in [9.17, 15) is 9.90 Å². The molecule has 4 heteroatoms. The lowest BCUT2D eigenvalue weighted by molar-refractivity contribution is -0.409. The molecule has 2 unspecified atom stereocenters. The van der Waals surface area contributed by atoms with Crippen LogP contribution in [-0.2, 0) is 14.6 Å². The van der Waals surface area contributed by atoms with Crippen LogP contribution >= 0.6 is 0 Å². The quantitative estimate of drug-likeness (QED) is 0.609. The molecule has 0 radical (unpaired) electrons. The average molecular weight is 244 g/mol. The van der Waals surface area contributed by atoms with Crippen molar-refractivity contribution in [2.24, 2.45) is 5.92 Å². The van der Waals surface area contributed by atoms with Crippen LogP contribution in [0.5, 0.6) is 0 Å². The largest absolute Gasteiger partial charge is 0.479 e. The van der Waals surface area contributed by atoms with Crippen molar-refractivity contribution in [2.45, 2.75) is 71.0 Å². The summed E-state index contributed by atoms with van der Waals surface area (Å²) in [4.78, 5) is 22.2. The Morgan fingerprint density at radius 1 is 1.41 bits per heavy atom. The van der Waals surface area contributed by atoms with Crippen molar-refractivity contribution in [3.8, 4) is 0 Å².